The number of amides is 1. The van der Waals surface area contributed by atoms with Crippen LogP contribution in [0, 0.1) is 20.8 Å². The molecule has 0 unspecified atom stereocenters. The summed E-state index contributed by atoms with van der Waals surface area (Å²) in [6.45, 7) is 8.28. The Bertz CT molecular complexity index is 981. The van der Waals surface area contributed by atoms with E-state index in [0.717, 1.165) is 27.9 Å². The van der Waals surface area contributed by atoms with Crippen LogP contribution in [-0.2, 0) is 17.9 Å². The number of hydrogen-bond acceptors (Lipinski definition) is 4. The molecule has 0 aliphatic rings. The second-order valence-electron chi connectivity index (χ2n) is 6.12. The monoisotopic (exact) mass is 339 g/mol. The molecular weight excluding hydrogens is 318 g/mol. The molecule has 0 saturated heterocycles. The zero-order chi connectivity index (χ0) is 18.1. The molecule has 1 amide bonds. The Morgan fingerprint density at radius 2 is 2.00 bits per heavy atom. The van der Waals surface area contributed by atoms with Gasteiger partial charge in [-0.3, -0.25) is 9.48 Å². The normalized spacial score (nSPS) is 11.7. The zero-order valence-corrected chi connectivity index (χ0v) is 14.8. The Morgan fingerprint density at radius 1 is 1.24 bits per heavy atom. The van der Waals surface area contributed by atoms with Crippen LogP contribution in [0.25, 0.3) is 10.9 Å². The molecule has 0 aliphatic carbocycles. The molecular formula is C18H21N5O2. The van der Waals surface area contributed by atoms with Gasteiger partial charge in [0.2, 0.25) is 5.88 Å². The minimum absolute atomic E-state index is 0.0192. The molecule has 2 aromatic heterocycles. The molecule has 1 aromatic carbocycles. The first-order valence-electron chi connectivity index (χ1n) is 8.18. The van der Waals surface area contributed by atoms with Crippen LogP contribution < -0.4 is 0 Å². The molecule has 1 N–H and O–H groups in total. The second-order valence-corrected chi connectivity index (χ2v) is 6.12. The fraction of sp³-hybridized carbons (Fsp3) is 0.333. The summed E-state index contributed by atoms with van der Waals surface area (Å²) in [6, 6.07) is 7.74. The maximum Gasteiger partial charge on any atom is 0.286 e. The molecule has 0 spiro atoms. The minimum Gasteiger partial charge on any atom is -0.493 e. The lowest BCUT2D eigenvalue weighted by molar-refractivity contribution is -0.119. The van der Waals surface area contributed by atoms with Crippen molar-refractivity contribution in [1.82, 2.24) is 14.3 Å². The molecule has 0 bridgehead atoms. The molecule has 3 aromatic rings. The lowest BCUT2D eigenvalue weighted by atomic mass is 10.1. The van der Waals surface area contributed by atoms with Crippen molar-refractivity contribution in [1.29, 1.82) is 0 Å². The molecule has 0 aliphatic heterocycles. The predicted octanol–water partition coefficient (Wildman–Crippen LogP) is 3.80. The number of aromatic nitrogens is 3. The van der Waals surface area contributed by atoms with Gasteiger partial charge in [-0.2, -0.15) is 5.10 Å². The van der Waals surface area contributed by atoms with E-state index in [9.17, 15) is 9.90 Å². The fourth-order valence-corrected chi connectivity index (χ4v) is 2.96. The van der Waals surface area contributed by atoms with E-state index in [4.69, 9.17) is 0 Å². The van der Waals surface area contributed by atoms with Crippen molar-refractivity contribution in [2.24, 2.45) is 10.2 Å². The van der Waals surface area contributed by atoms with Gasteiger partial charge >= 0.3 is 0 Å². The molecule has 2 heterocycles. The van der Waals surface area contributed by atoms with E-state index in [1.54, 1.807) is 9.25 Å². The van der Waals surface area contributed by atoms with E-state index < -0.39 is 5.91 Å². The number of nitrogens with zero attached hydrogens (tertiary/aromatic N) is 5. The number of fused-ring (bicyclic) bond motifs is 1. The summed E-state index contributed by atoms with van der Waals surface area (Å²) < 4.78 is 3.34. The number of aromatic hydroxyl groups is 1. The molecule has 0 atom stereocenters. The van der Waals surface area contributed by atoms with Gasteiger partial charge in [0.25, 0.3) is 5.91 Å². The largest absolute Gasteiger partial charge is 0.493 e. The standard InChI is InChI=1S/C18H21N5O2/c1-5-22-15-7-6-11(2)8-14(15)17(18(22)25)20-19-16(24)10-23-13(4)9-12(3)21-23/h6-9,25H,5,10H2,1-4H3. The van der Waals surface area contributed by atoms with E-state index >= 15 is 0 Å². The maximum atomic E-state index is 12.1. The first-order chi connectivity index (χ1) is 11.9. The van der Waals surface area contributed by atoms with Crippen molar-refractivity contribution in [3.8, 4) is 5.88 Å². The van der Waals surface area contributed by atoms with Gasteiger partial charge < -0.3 is 9.67 Å². The number of rotatable bonds is 4. The molecule has 130 valence electrons. The van der Waals surface area contributed by atoms with Crippen molar-refractivity contribution in [3.05, 3.63) is 41.2 Å². The molecule has 7 heteroatoms. The summed E-state index contributed by atoms with van der Waals surface area (Å²) in [5, 5.41) is 23.3. The van der Waals surface area contributed by atoms with Crippen LogP contribution >= 0.6 is 0 Å². The molecule has 25 heavy (non-hydrogen) atoms. The highest BCUT2D eigenvalue weighted by Crippen LogP contribution is 2.39. The van der Waals surface area contributed by atoms with E-state index in [1.165, 1.54) is 0 Å². The van der Waals surface area contributed by atoms with Gasteiger partial charge in [-0.05, 0) is 45.9 Å². The molecule has 0 fully saturated rings. The summed E-state index contributed by atoms with van der Waals surface area (Å²) in [6.07, 6.45) is 0. The lowest BCUT2D eigenvalue weighted by Crippen LogP contribution is -2.10. The van der Waals surface area contributed by atoms with Gasteiger partial charge in [-0.15, -0.1) is 10.2 Å². The van der Waals surface area contributed by atoms with Crippen LogP contribution in [0.15, 0.2) is 34.5 Å². The first kappa shape index (κ1) is 16.9. The summed E-state index contributed by atoms with van der Waals surface area (Å²) in [5.74, 6) is -0.401. The van der Waals surface area contributed by atoms with E-state index in [1.807, 2.05) is 52.0 Å². The average molecular weight is 339 g/mol. The first-order valence-corrected chi connectivity index (χ1v) is 8.18. The minimum atomic E-state index is -0.421. The fourth-order valence-electron chi connectivity index (χ4n) is 2.96. The van der Waals surface area contributed by atoms with Crippen molar-refractivity contribution >= 4 is 22.5 Å². The van der Waals surface area contributed by atoms with Crippen LogP contribution in [0.5, 0.6) is 5.88 Å². The number of aryl methyl sites for hydroxylation is 4. The third-order valence-corrected chi connectivity index (χ3v) is 4.13. The highest BCUT2D eigenvalue weighted by molar-refractivity contribution is 5.95. The molecule has 0 saturated carbocycles. The Morgan fingerprint density at radius 3 is 2.64 bits per heavy atom. The second kappa shape index (κ2) is 6.51. The van der Waals surface area contributed by atoms with Gasteiger partial charge in [0, 0.05) is 17.6 Å². The number of carbonyl (C=O) groups is 1. The molecule has 0 radical (unpaired) electrons. The Balaban J connectivity index is 1.93. The Hall–Kier alpha value is -2.96. The zero-order valence-electron chi connectivity index (χ0n) is 14.8. The number of azo groups is 1. The number of benzene rings is 1. The highest BCUT2D eigenvalue weighted by Gasteiger charge is 2.16. The van der Waals surface area contributed by atoms with Crippen molar-refractivity contribution in [2.75, 3.05) is 0 Å². The van der Waals surface area contributed by atoms with Gasteiger partial charge in [0.1, 0.15) is 6.54 Å². The van der Waals surface area contributed by atoms with E-state index in [-0.39, 0.29) is 12.4 Å². The predicted molar refractivity (Wildman–Crippen MR) is 95.2 cm³/mol. The third kappa shape index (κ3) is 3.17. The molecule has 7 nitrogen and oxygen atoms in total. The Labute approximate surface area is 145 Å². The van der Waals surface area contributed by atoms with Gasteiger partial charge in [-0.25, -0.2) is 0 Å². The van der Waals surface area contributed by atoms with Gasteiger partial charge in [-0.1, -0.05) is 11.6 Å². The maximum absolute atomic E-state index is 12.1. The van der Waals surface area contributed by atoms with Crippen molar-refractivity contribution in [3.63, 3.8) is 0 Å². The highest BCUT2D eigenvalue weighted by atomic mass is 16.3. The number of carbonyl (C=O) groups excluding carboxylic acids is 1. The summed E-state index contributed by atoms with van der Waals surface area (Å²) in [7, 11) is 0. The number of hydrogen-bond donors (Lipinski definition) is 1. The summed E-state index contributed by atoms with van der Waals surface area (Å²) >= 11 is 0. The third-order valence-electron chi connectivity index (χ3n) is 4.13. The van der Waals surface area contributed by atoms with Crippen molar-refractivity contribution < 1.29 is 9.90 Å². The molecule has 3 rings (SSSR count). The average Bonchev–Trinajstić information content (AvgIpc) is 3.00. The van der Waals surface area contributed by atoms with Gasteiger partial charge in [0.15, 0.2) is 5.69 Å². The van der Waals surface area contributed by atoms with E-state index in [2.05, 4.69) is 15.3 Å². The Kier molecular flexibility index (Phi) is 4.39. The quantitative estimate of drug-likeness (QED) is 0.734. The summed E-state index contributed by atoms with van der Waals surface area (Å²) in [5.41, 5.74) is 3.97. The van der Waals surface area contributed by atoms with Crippen LogP contribution in [0.4, 0.5) is 5.69 Å². The van der Waals surface area contributed by atoms with Crippen LogP contribution in [0.2, 0.25) is 0 Å². The van der Waals surface area contributed by atoms with Crippen LogP contribution in [-0.4, -0.2) is 25.4 Å². The topological polar surface area (TPSA) is 84.8 Å². The van der Waals surface area contributed by atoms with Crippen LogP contribution in [0.1, 0.15) is 23.9 Å². The summed E-state index contributed by atoms with van der Waals surface area (Å²) in [4.78, 5) is 12.1. The smallest absolute Gasteiger partial charge is 0.286 e. The van der Waals surface area contributed by atoms with Gasteiger partial charge in [0.05, 0.1) is 11.2 Å². The SMILES string of the molecule is CCn1c(O)c(N=NC(=O)Cn2nc(C)cc2C)c2cc(C)ccc21. The van der Waals surface area contributed by atoms with Crippen molar-refractivity contribution in [2.45, 2.75) is 40.8 Å². The van der Waals surface area contributed by atoms with E-state index in [0.29, 0.717) is 12.2 Å². The lowest BCUT2D eigenvalue weighted by Gasteiger charge is -2.01. The van der Waals surface area contributed by atoms with Crippen LogP contribution in [0.3, 0.4) is 0 Å².